The molecule has 19 heavy (non-hydrogen) atoms. The van der Waals surface area contributed by atoms with Crippen molar-refractivity contribution < 1.29 is 23.4 Å². The maximum absolute atomic E-state index is 13.7. The second-order valence-electron chi connectivity index (χ2n) is 4.17. The van der Waals surface area contributed by atoms with Gasteiger partial charge < -0.3 is 14.3 Å². The number of carboxylic acids is 1. The smallest absolute Gasteiger partial charge is 0.371 e. The van der Waals surface area contributed by atoms with Crippen molar-refractivity contribution in [2.45, 2.75) is 20.5 Å². The molecule has 0 fully saturated rings. The van der Waals surface area contributed by atoms with Crippen LogP contribution in [0, 0.1) is 19.7 Å². The summed E-state index contributed by atoms with van der Waals surface area (Å²) in [6.45, 7) is 3.34. The maximum Gasteiger partial charge on any atom is 0.371 e. The first-order chi connectivity index (χ1) is 8.99. The van der Waals surface area contributed by atoms with Crippen molar-refractivity contribution >= 4 is 5.97 Å². The molecule has 0 aliphatic rings. The molecule has 0 radical (unpaired) electrons. The fraction of sp³-hybridized carbons (Fsp3) is 0.214. The third-order valence-electron chi connectivity index (χ3n) is 2.77. The number of aromatic carboxylic acids is 1. The third kappa shape index (κ3) is 2.76. The number of carbonyl (C=O) groups is 1. The Morgan fingerprint density at radius 2 is 2.16 bits per heavy atom. The molecule has 0 saturated carbocycles. The molecule has 0 spiro atoms. The normalized spacial score (nSPS) is 10.5. The number of aryl methyl sites for hydroxylation is 2. The molecule has 100 valence electrons. The molecule has 5 heteroatoms. The zero-order valence-corrected chi connectivity index (χ0v) is 10.6. The molecule has 1 N–H and O–H groups in total. The third-order valence-corrected chi connectivity index (χ3v) is 2.77. The van der Waals surface area contributed by atoms with Crippen LogP contribution >= 0.6 is 0 Å². The Labute approximate surface area is 109 Å². The van der Waals surface area contributed by atoms with Gasteiger partial charge in [0.05, 0.1) is 0 Å². The van der Waals surface area contributed by atoms with Crippen LogP contribution in [-0.2, 0) is 6.61 Å². The van der Waals surface area contributed by atoms with Gasteiger partial charge in [0.25, 0.3) is 0 Å². The van der Waals surface area contributed by atoms with Gasteiger partial charge in [-0.1, -0.05) is 12.1 Å². The molecule has 1 aromatic heterocycles. The van der Waals surface area contributed by atoms with Gasteiger partial charge in [-0.05, 0) is 31.5 Å². The van der Waals surface area contributed by atoms with E-state index in [1.807, 2.05) is 0 Å². The number of ether oxygens (including phenoxy) is 1. The topological polar surface area (TPSA) is 59.7 Å². The Bertz CT molecular complexity index is 616. The van der Waals surface area contributed by atoms with E-state index in [-0.39, 0.29) is 18.1 Å². The molecule has 0 bridgehead atoms. The van der Waals surface area contributed by atoms with Crippen molar-refractivity contribution in [1.82, 2.24) is 0 Å². The summed E-state index contributed by atoms with van der Waals surface area (Å²) in [6.07, 6.45) is 0. The standard InChI is InChI=1S/C14H13FO4/c1-8-4-3-5-11(13(8)15)18-7-10-6-12(14(16)17)19-9(10)2/h3-6H,7H2,1-2H3,(H,16,17). The monoisotopic (exact) mass is 264 g/mol. The lowest BCUT2D eigenvalue weighted by Gasteiger charge is -2.07. The van der Waals surface area contributed by atoms with Gasteiger partial charge in [0.15, 0.2) is 11.6 Å². The number of carboxylic acid groups (broad SMARTS) is 1. The largest absolute Gasteiger partial charge is 0.486 e. The van der Waals surface area contributed by atoms with Gasteiger partial charge >= 0.3 is 5.97 Å². The van der Waals surface area contributed by atoms with Crippen LogP contribution in [0.1, 0.15) is 27.4 Å². The molecule has 2 aromatic rings. The van der Waals surface area contributed by atoms with E-state index in [1.54, 1.807) is 26.0 Å². The van der Waals surface area contributed by atoms with Crippen molar-refractivity contribution in [2.24, 2.45) is 0 Å². The van der Waals surface area contributed by atoms with E-state index in [2.05, 4.69) is 0 Å². The highest BCUT2D eigenvalue weighted by Crippen LogP contribution is 2.22. The molecule has 1 aromatic carbocycles. The highest BCUT2D eigenvalue weighted by molar-refractivity contribution is 5.84. The predicted molar refractivity (Wildman–Crippen MR) is 65.9 cm³/mol. The number of furan rings is 1. The minimum atomic E-state index is -1.14. The molecule has 0 aliphatic carbocycles. The fourth-order valence-electron chi connectivity index (χ4n) is 1.66. The van der Waals surface area contributed by atoms with Gasteiger partial charge in [0.1, 0.15) is 12.4 Å². The quantitative estimate of drug-likeness (QED) is 0.920. The first kappa shape index (κ1) is 13.1. The summed E-state index contributed by atoms with van der Waals surface area (Å²) in [6, 6.07) is 6.24. The first-order valence-electron chi connectivity index (χ1n) is 5.69. The Morgan fingerprint density at radius 3 is 2.79 bits per heavy atom. The molecule has 0 aliphatic heterocycles. The lowest BCUT2D eigenvalue weighted by Crippen LogP contribution is -1.99. The van der Waals surface area contributed by atoms with Crippen LogP contribution in [0.5, 0.6) is 5.75 Å². The summed E-state index contributed by atoms with van der Waals surface area (Å²) in [4.78, 5) is 10.7. The van der Waals surface area contributed by atoms with Crippen LogP contribution in [0.25, 0.3) is 0 Å². The minimum Gasteiger partial charge on any atom is -0.486 e. The van der Waals surface area contributed by atoms with Crippen LogP contribution in [0.2, 0.25) is 0 Å². The molecular formula is C14H13FO4. The van der Waals surface area contributed by atoms with Crippen LogP contribution in [0.15, 0.2) is 28.7 Å². The van der Waals surface area contributed by atoms with Crippen molar-refractivity contribution in [2.75, 3.05) is 0 Å². The summed E-state index contributed by atoms with van der Waals surface area (Å²) >= 11 is 0. The predicted octanol–water partition coefficient (Wildman–Crippen LogP) is 3.31. The number of benzene rings is 1. The molecule has 0 atom stereocenters. The summed E-state index contributed by atoms with van der Waals surface area (Å²) in [5.74, 6) is -1.12. The molecule has 2 rings (SSSR count). The molecule has 0 unspecified atom stereocenters. The zero-order chi connectivity index (χ0) is 14.0. The lowest BCUT2D eigenvalue weighted by atomic mass is 10.2. The van der Waals surface area contributed by atoms with E-state index in [0.29, 0.717) is 16.9 Å². The number of halogens is 1. The summed E-state index contributed by atoms with van der Waals surface area (Å²) in [5, 5.41) is 8.79. The maximum atomic E-state index is 13.7. The van der Waals surface area contributed by atoms with Gasteiger partial charge in [-0.2, -0.15) is 0 Å². The Kier molecular flexibility index (Phi) is 3.55. The van der Waals surface area contributed by atoms with E-state index < -0.39 is 11.8 Å². The van der Waals surface area contributed by atoms with Crippen molar-refractivity contribution in [3.05, 3.63) is 52.7 Å². The Hall–Kier alpha value is -2.30. The Morgan fingerprint density at radius 1 is 1.42 bits per heavy atom. The second-order valence-corrected chi connectivity index (χ2v) is 4.17. The highest BCUT2D eigenvalue weighted by atomic mass is 19.1. The van der Waals surface area contributed by atoms with Crippen LogP contribution < -0.4 is 4.74 Å². The summed E-state index contributed by atoms with van der Waals surface area (Å²) < 4.78 is 24.1. The SMILES string of the molecule is Cc1cccc(OCc2cc(C(=O)O)oc2C)c1F. The molecular weight excluding hydrogens is 251 g/mol. The average Bonchev–Trinajstić information content (AvgIpc) is 2.73. The molecule has 4 nitrogen and oxygen atoms in total. The molecule has 0 amide bonds. The van der Waals surface area contributed by atoms with Crippen LogP contribution in [-0.4, -0.2) is 11.1 Å². The minimum absolute atomic E-state index is 0.0585. The van der Waals surface area contributed by atoms with Gasteiger partial charge in [-0.15, -0.1) is 0 Å². The van der Waals surface area contributed by atoms with E-state index in [0.717, 1.165) is 0 Å². The number of hydrogen-bond donors (Lipinski definition) is 1. The van der Waals surface area contributed by atoms with Gasteiger partial charge in [0, 0.05) is 5.56 Å². The van der Waals surface area contributed by atoms with E-state index >= 15 is 0 Å². The van der Waals surface area contributed by atoms with Crippen molar-refractivity contribution in [3.63, 3.8) is 0 Å². The van der Waals surface area contributed by atoms with E-state index in [4.69, 9.17) is 14.3 Å². The fourth-order valence-corrected chi connectivity index (χ4v) is 1.66. The zero-order valence-electron chi connectivity index (χ0n) is 10.6. The van der Waals surface area contributed by atoms with Gasteiger partial charge in [0.2, 0.25) is 5.76 Å². The molecule has 1 heterocycles. The van der Waals surface area contributed by atoms with Gasteiger partial charge in [-0.25, -0.2) is 9.18 Å². The summed E-state index contributed by atoms with van der Waals surface area (Å²) in [5.41, 5.74) is 1.07. The number of hydrogen-bond acceptors (Lipinski definition) is 3. The van der Waals surface area contributed by atoms with E-state index in [1.165, 1.54) is 12.1 Å². The van der Waals surface area contributed by atoms with Gasteiger partial charge in [-0.3, -0.25) is 0 Å². The second kappa shape index (κ2) is 5.14. The Balaban J connectivity index is 2.14. The lowest BCUT2D eigenvalue weighted by molar-refractivity contribution is 0.0661. The van der Waals surface area contributed by atoms with Crippen molar-refractivity contribution in [3.8, 4) is 5.75 Å². The van der Waals surface area contributed by atoms with E-state index in [9.17, 15) is 9.18 Å². The van der Waals surface area contributed by atoms with Crippen LogP contribution in [0.3, 0.4) is 0 Å². The van der Waals surface area contributed by atoms with Crippen LogP contribution in [0.4, 0.5) is 4.39 Å². The number of rotatable bonds is 4. The highest BCUT2D eigenvalue weighted by Gasteiger charge is 2.14. The molecule has 0 saturated heterocycles. The first-order valence-corrected chi connectivity index (χ1v) is 5.69. The summed E-state index contributed by atoms with van der Waals surface area (Å²) in [7, 11) is 0. The van der Waals surface area contributed by atoms with Crippen molar-refractivity contribution in [1.29, 1.82) is 0 Å². The average molecular weight is 264 g/mol.